The van der Waals surface area contributed by atoms with Crippen molar-refractivity contribution >= 4 is 5.78 Å². The molecular formula is C15H22O8. The molecule has 0 saturated carbocycles. The Morgan fingerprint density at radius 2 is 1.70 bits per heavy atom. The van der Waals surface area contributed by atoms with Crippen molar-refractivity contribution in [2.24, 2.45) is 0 Å². The Hall–Kier alpha value is -1.39. The largest absolute Gasteiger partial charge is 0.393 e. The van der Waals surface area contributed by atoms with E-state index >= 15 is 0 Å². The maximum absolute atomic E-state index is 12.7. The van der Waals surface area contributed by atoms with Crippen molar-refractivity contribution in [2.45, 2.75) is 24.7 Å². The lowest BCUT2D eigenvalue weighted by atomic mass is 9.99. The van der Waals surface area contributed by atoms with Crippen LogP contribution in [0.3, 0.4) is 0 Å². The molecule has 0 aliphatic rings. The minimum absolute atomic E-state index is 0.469. The molecule has 1 unspecified atom stereocenters. The Bertz CT molecular complexity index is 472. The van der Waals surface area contributed by atoms with Gasteiger partial charge < -0.3 is 5.11 Å². The molecule has 1 aromatic carbocycles. The van der Waals surface area contributed by atoms with E-state index in [4.69, 9.17) is 16.0 Å². The number of rotatable bonds is 12. The van der Waals surface area contributed by atoms with Crippen LogP contribution in [-0.4, -0.2) is 57.1 Å². The summed E-state index contributed by atoms with van der Waals surface area (Å²) in [6.45, 7) is -0.549. The second kappa shape index (κ2) is 11.2. The number of Topliss-reactive ketones (excluding diaryl/α,β-unsaturated/α-hetero) is 1. The molecule has 0 bridgehead atoms. The topological polar surface area (TPSA) is 92.7 Å². The Labute approximate surface area is 136 Å². The van der Waals surface area contributed by atoms with Gasteiger partial charge in [0.25, 0.3) is 0 Å². The monoisotopic (exact) mass is 331 g/mol. The first kappa shape index (κ1) is 18.0. The standard InChI is InChI=1S/C15H22O8/c1-18-21-13(10-16)15(23-20-3)14(22-19-2)12(17)9-11-7-5-4-6-8-11/h4-8,13-16H,9-10H2,1-3H3/t13-,14+,15-/m1/s1/i9D/t9?,13-,14+,15-. The van der Waals surface area contributed by atoms with Gasteiger partial charge in [-0.2, -0.15) is 0 Å². The third-order valence-corrected chi connectivity index (χ3v) is 2.86. The molecular weight excluding hydrogens is 308 g/mol. The van der Waals surface area contributed by atoms with Crippen LogP contribution in [0.15, 0.2) is 30.3 Å². The molecule has 0 fully saturated rings. The number of carbonyl (C=O) groups is 1. The van der Waals surface area contributed by atoms with E-state index < -0.39 is 37.1 Å². The highest BCUT2D eigenvalue weighted by molar-refractivity contribution is 5.85. The van der Waals surface area contributed by atoms with Gasteiger partial charge in [-0.25, -0.2) is 29.3 Å². The van der Waals surface area contributed by atoms with Gasteiger partial charge in [0.2, 0.25) is 0 Å². The summed E-state index contributed by atoms with van der Waals surface area (Å²) in [5.74, 6) is -0.664. The molecule has 4 atom stereocenters. The maximum atomic E-state index is 12.7. The smallest absolute Gasteiger partial charge is 0.183 e. The van der Waals surface area contributed by atoms with E-state index in [1.54, 1.807) is 30.3 Å². The van der Waals surface area contributed by atoms with Crippen LogP contribution in [0.1, 0.15) is 6.93 Å². The third-order valence-electron chi connectivity index (χ3n) is 2.86. The van der Waals surface area contributed by atoms with Gasteiger partial charge in [-0.15, -0.1) is 0 Å². The first-order valence-corrected chi connectivity index (χ1v) is 6.80. The number of aliphatic hydroxyl groups excluding tert-OH is 1. The average Bonchev–Trinajstić information content (AvgIpc) is 2.62. The number of hydrogen-bond acceptors (Lipinski definition) is 8. The summed E-state index contributed by atoms with van der Waals surface area (Å²) in [7, 11) is 3.66. The molecule has 0 amide bonds. The summed E-state index contributed by atoms with van der Waals surface area (Å²) in [5, 5.41) is 9.41. The van der Waals surface area contributed by atoms with Crippen molar-refractivity contribution in [3.05, 3.63) is 35.9 Å². The molecule has 0 aliphatic carbocycles. The van der Waals surface area contributed by atoms with Gasteiger partial charge in [-0.3, -0.25) is 4.79 Å². The lowest BCUT2D eigenvalue weighted by molar-refractivity contribution is -0.410. The van der Waals surface area contributed by atoms with Crippen LogP contribution in [0.5, 0.6) is 0 Å². The maximum Gasteiger partial charge on any atom is 0.183 e. The molecule has 0 saturated heterocycles. The fourth-order valence-corrected chi connectivity index (χ4v) is 1.89. The third kappa shape index (κ3) is 6.32. The molecule has 0 heterocycles. The minimum atomic E-state index is -1.40. The van der Waals surface area contributed by atoms with Crippen LogP contribution in [0.25, 0.3) is 0 Å². The van der Waals surface area contributed by atoms with Crippen molar-refractivity contribution < 1.29 is 40.6 Å². The van der Waals surface area contributed by atoms with Gasteiger partial charge in [0.05, 0.1) is 27.9 Å². The van der Waals surface area contributed by atoms with Gasteiger partial charge in [-0.1, -0.05) is 30.3 Å². The molecule has 0 aromatic heterocycles. The zero-order valence-corrected chi connectivity index (χ0v) is 13.2. The Morgan fingerprint density at radius 1 is 1.09 bits per heavy atom. The fraction of sp³-hybridized carbons (Fsp3) is 0.533. The highest BCUT2D eigenvalue weighted by Crippen LogP contribution is 2.16. The van der Waals surface area contributed by atoms with E-state index in [1.165, 1.54) is 21.3 Å². The van der Waals surface area contributed by atoms with Gasteiger partial charge in [0.1, 0.15) is 6.10 Å². The number of carbonyl (C=O) groups excluding carboxylic acids is 1. The van der Waals surface area contributed by atoms with Crippen LogP contribution in [0.4, 0.5) is 0 Å². The van der Waals surface area contributed by atoms with E-state index in [0.29, 0.717) is 5.56 Å². The quantitative estimate of drug-likeness (QED) is 0.440. The normalized spacial score (nSPS) is 17.1. The highest BCUT2D eigenvalue weighted by atomic mass is 17.2. The molecule has 0 radical (unpaired) electrons. The second-order valence-corrected chi connectivity index (χ2v) is 4.35. The average molecular weight is 331 g/mol. The van der Waals surface area contributed by atoms with Gasteiger partial charge in [-0.05, 0) is 5.56 Å². The first-order chi connectivity index (χ1) is 11.6. The molecule has 0 spiro atoms. The molecule has 1 aromatic rings. The summed E-state index contributed by atoms with van der Waals surface area (Å²) in [6, 6.07) is 8.48. The summed E-state index contributed by atoms with van der Waals surface area (Å²) in [5.41, 5.74) is 0.469. The SMILES string of the molecule is [2H]C(C(=O)[C@H](OOC)[C@H](OOC)[C@@H](CO)OOC)c1ccccc1. The van der Waals surface area contributed by atoms with Crippen molar-refractivity contribution in [1.82, 2.24) is 0 Å². The van der Waals surface area contributed by atoms with Crippen LogP contribution < -0.4 is 0 Å². The van der Waals surface area contributed by atoms with E-state index in [1.807, 2.05) is 0 Å². The first-order valence-electron chi connectivity index (χ1n) is 7.38. The molecule has 130 valence electrons. The molecule has 1 N–H and O–H groups in total. The second-order valence-electron chi connectivity index (χ2n) is 4.35. The number of hydrogen-bond donors (Lipinski definition) is 1. The summed E-state index contributed by atoms with van der Waals surface area (Å²) >= 11 is 0. The summed E-state index contributed by atoms with van der Waals surface area (Å²) in [4.78, 5) is 41.2. The molecule has 1 rings (SSSR count). The predicted octanol–water partition coefficient (Wildman–Crippen LogP) is 0.630. The molecule has 8 heteroatoms. The van der Waals surface area contributed by atoms with Gasteiger partial charge >= 0.3 is 0 Å². The van der Waals surface area contributed by atoms with E-state index in [2.05, 4.69) is 14.7 Å². The van der Waals surface area contributed by atoms with Crippen molar-refractivity contribution in [3.8, 4) is 0 Å². The van der Waals surface area contributed by atoms with E-state index in [-0.39, 0.29) is 0 Å². The Morgan fingerprint density at radius 3 is 2.22 bits per heavy atom. The van der Waals surface area contributed by atoms with Crippen LogP contribution in [0.2, 0.25) is 0 Å². The predicted molar refractivity (Wildman–Crippen MR) is 77.9 cm³/mol. The zero-order valence-electron chi connectivity index (χ0n) is 14.2. The van der Waals surface area contributed by atoms with Crippen LogP contribution in [0, 0.1) is 0 Å². The zero-order chi connectivity index (χ0) is 17.9. The Kier molecular flexibility index (Phi) is 8.74. The van der Waals surface area contributed by atoms with Gasteiger partial charge in [0.15, 0.2) is 18.0 Å². The van der Waals surface area contributed by atoms with Crippen molar-refractivity contribution in [2.75, 3.05) is 27.9 Å². The van der Waals surface area contributed by atoms with E-state index in [0.717, 1.165) is 0 Å². The number of benzene rings is 1. The molecule has 0 aliphatic heterocycles. The molecule has 8 nitrogen and oxygen atoms in total. The number of aliphatic hydroxyl groups is 1. The van der Waals surface area contributed by atoms with Crippen LogP contribution in [-0.2, 0) is 40.5 Å². The number of ketones is 1. The van der Waals surface area contributed by atoms with Crippen LogP contribution >= 0.6 is 0 Å². The summed E-state index contributed by atoms with van der Waals surface area (Å²) < 4.78 is 8.14. The van der Waals surface area contributed by atoms with Crippen molar-refractivity contribution in [3.63, 3.8) is 0 Å². The van der Waals surface area contributed by atoms with Crippen molar-refractivity contribution in [1.29, 1.82) is 0 Å². The van der Waals surface area contributed by atoms with Gasteiger partial charge in [0, 0.05) is 7.77 Å². The molecule has 23 heavy (non-hydrogen) atoms. The highest BCUT2D eigenvalue weighted by Gasteiger charge is 2.39. The lowest BCUT2D eigenvalue weighted by Gasteiger charge is -2.27. The lowest BCUT2D eigenvalue weighted by Crippen LogP contribution is -2.48. The fourth-order valence-electron chi connectivity index (χ4n) is 1.89. The summed E-state index contributed by atoms with van der Waals surface area (Å²) in [6.07, 6.45) is -4.99. The minimum Gasteiger partial charge on any atom is -0.393 e. The van der Waals surface area contributed by atoms with E-state index in [9.17, 15) is 9.90 Å². The Balaban J connectivity index is 3.04.